The van der Waals surface area contributed by atoms with Crippen LogP contribution in [0.2, 0.25) is 0 Å². The van der Waals surface area contributed by atoms with Crippen LogP contribution in [0.25, 0.3) is 0 Å². The monoisotopic (exact) mass is 408 g/mol. The fourth-order valence-electron chi connectivity index (χ4n) is 3.53. The zero-order chi connectivity index (χ0) is 21.0. The Labute approximate surface area is 166 Å². The van der Waals surface area contributed by atoms with Crippen LogP contribution in [0.3, 0.4) is 0 Å². The van der Waals surface area contributed by atoms with Crippen molar-refractivity contribution in [3.8, 4) is 0 Å². The summed E-state index contributed by atoms with van der Waals surface area (Å²) in [5, 5.41) is 13.4. The Morgan fingerprint density at radius 3 is 2.62 bits per heavy atom. The number of nitrogens with zero attached hydrogens (tertiary/aromatic N) is 4. The third-order valence-electron chi connectivity index (χ3n) is 4.90. The maximum Gasteiger partial charge on any atom is 0.416 e. The lowest BCUT2D eigenvalue weighted by atomic mass is 10.0. The first-order valence-electron chi connectivity index (χ1n) is 9.32. The van der Waals surface area contributed by atoms with E-state index in [9.17, 15) is 18.0 Å². The van der Waals surface area contributed by atoms with Crippen LogP contribution in [-0.4, -0.2) is 51.9 Å². The molecule has 0 aliphatic carbocycles. The van der Waals surface area contributed by atoms with Crippen LogP contribution in [0.15, 0.2) is 49.2 Å². The molecule has 1 atom stereocenters. The SMILES string of the molecule is C=CC(=O)N(CCCO)CC1CN(c2ccc(C(F)(F)F)cc2)c2ccnn2C1. The standard InChI is InChI=1S/C20H23F3N4O2/c1-2-19(29)25(10-3-11-28)12-15-13-26(18-8-9-24-27(18)14-15)17-6-4-16(5-7-17)20(21,22)23/h2,4-9,15,28H,1,3,10-14H2. The van der Waals surface area contributed by atoms with Crippen LogP contribution in [0, 0.1) is 5.92 Å². The van der Waals surface area contributed by atoms with Gasteiger partial charge in [-0.2, -0.15) is 18.3 Å². The molecule has 0 saturated heterocycles. The van der Waals surface area contributed by atoms with E-state index >= 15 is 0 Å². The second-order valence-electron chi connectivity index (χ2n) is 6.96. The Kier molecular flexibility index (Phi) is 6.26. The minimum atomic E-state index is -4.39. The molecule has 1 aliphatic heterocycles. The molecule has 0 spiro atoms. The predicted molar refractivity (Wildman–Crippen MR) is 103 cm³/mol. The van der Waals surface area contributed by atoms with Crippen LogP contribution in [-0.2, 0) is 17.5 Å². The number of aromatic nitrogens is 2. The van der Waals surface area contributed by atoms with Crippen molar-refractivity contribution in [3.05, 3.63) is 54.7 Å². The van der Waals surface area contributed by atoms with Crippen LogP contribution < -0.4 is 4.90 Å². The van der Waals surface area contributed by atoms with Gasteiger partial charge in [-0.3, -0.25) is 4.79 Å². The molecule has 1 aromatic heterocycles. The van der Waals surface area contributed by atoms with Gasteiger partial charge in [-0.15, -0.1) is 0 Å². The van der Waals surface area contributed by atoms with Gasteiger partial charge in [0.05, 0.1) is 11.8 Å². The highest BCUT2D eigenvalue weighted by molar-refractivity contribution is 5.87. The molecular weight excluding hydrogens is 385 g/mol. The Hall–Kier alpha value is -2.81. The maximum atomic E-state index is 12.9. The van der Waals surface area contributed by atoms with E-state index in [1.54, 1.807) is 15.8 Å². The van der Waals surface area contributed by atoms with Gasteiger partial charge in [0, 0.05) is 50.5 Å². The summed E-state index contributed by atoms with van der Waals surface area (Å²) in [5.41, 5.74) is -0.0727. The molecule has 1 N–H and O–H groups in total. The van der Waals surface area contributed by atoms with E-state index in [0.717, 1.165) is 18.0 Å². The first-order valence-corrected chi connectivity index (χ1v) is 9.32. The quantitative estimate of drug-likeness (QED) is 0.716. The smallest absolute Gasteiger partial charge is 0.396 e. The minimum Gasteiger partial charge on any atom is -0.396 e. The first kappa shape index (κ1) is 20.9. The number of amides is 1. The normalized spacial score (nSPS) is 16.4. The predicted octanol–water partition coefficient (Wildman–Crippen LogP) is 3.07. The molecule has 1 amide bonds. The Morgan fingerprint density at radius 2 is 2.00 bits per heavy atom. The highest BCUT2D eigenvalue weighted by Gasteiger charge is 2.32. The molecule has 29 heavy (non-hydrogen) atoms. The van der Waals surface area contributed by atoms with E-state index < -0.39 is 11.7 Å². The number of hydrogen-bond donors (Lipinski definition) is 1. The molecule has 0 fully saturated rings. The fraction of sp³-hybridized carbons (Fsp3) is 0.400. The van der Waals surface area contributed by atoms with Crippen molar-refractivity contribution in [3.63, 3.8) is 0 Å². The minimum absolute atomic E-state index is 0.00675. The number of aliphatic hydroxyl groups excluding tert-OH is 1. The van der Waals surface area contributed by atoms with Crippen molar-refractivity contribution in [1.82, 2.24) is 14.7 Å². The average molecular weight is 408 g/mol. The number of fused-ring (bicyclic) bond motifs is 1. The number of carbonyl (C=O) groups excluding carboxylic acids is 1. The number of anilines is 2. The highest BCUT2D eigenvalue weighted by atomic mass is 19.4. The number of hydrogen-bond acceptors (Lipinski definition) is 4. The van der Waals surface area contributed by atoms with E-state index in [4.69, 9.17) is 5.11 Å². The molecule has 9 heteroatoms. The van der Waals surface area contributed by atoms with Crippen LogP contribution >= 0.6 is 0 Å². The molecule has 3 rings (SSSR count). The number of carbonyl (C=O) groups is 1. The third kappa shape index (κ3) is 4.79. The third-order valence-corrected chi connectivity index (χ3v) is 4.90. The summed E-state index contributed by atoms with van der Waals surface area (Å²) < 4.78 is 40.4. The van der Waals surface area contributed by atoms with E-state index in [0.29, 0.717) is 38.3 Å². The Balaban J connectivity index is 1.82. The van der Waals surface area contributed by atoms with Gasteiger partial charge in [-0.05, 0) is 36.8 Å². The van der Waals surface area contributed by atoms with Crippen LogP contribution in [0.4, 0.5) is 24.7 Å². The second-order valence-corrected chi connectivity index (χ2v) is 6.96. The van der Waals surface area contributed by atoms with E-state index in [-0.39, 0.29) is 18.4 Å². The van der Waals surface area contributed by atoms with Gasteiger partial charge < -0.3 is 14.9 Å². The van der Waals surface area contributed by atoms with Crippen LogP contribution in [0.5, 0.6) is 0 Å². The fourth-order valence-corrected chi connectivity index (χ4v) is 3.53. The lowest BCUT2D eigenvalue weighted by Gasteiger charge is -2.37. The van der Waals surface area contributed by atoms with Gasteiger partial charge in [-0.1, -0.05) is 6.58 Å². The number of alkyl halides is 3. The molecule has 1 aliphatic rings. The van der Waals surface area contributed by atoms with Gasteiger partial charge in [0.25, 0.3) is 0 Å². The summed E-state index contributed by atoms with van der Waals surface area (Å²) in [6, 6.07) is 6.83. The van der Waals surface area contributed by atoms with Crippen molar-refractivity contribution in [2.75, 3.05) is 31.1 Å². The van der Waals surface area contributed by atoms with Crippen molar-refractivity contribution in [1.29, 1.82) is 0 Å². The van der Waals surface area contributed by atoms with Crippen molar-refractivity contribution in [2.24, 2.45) is 5.92 Å². The molecule has 156 valence electrons. The Morgan fingerprint density at radius 1 is 1.28 bits per heavy atom. The molecule has 1 aromatic carbocycles. The van der Waals surface area contributed by atoms with Gasteiger partial charge in [0.1, 0.15) is 5.82 Å². The Bertz CT molecular complexity index is 848. The summed E-state index contributed by atoms with van der Waals surface area (Å²) in [5.74, 6) is 0.580. The van der Waals surface area contributed by atoms with Crippen molar-refractivity contribution in [2.45, 2.75) is 19.1 Å². The summed E-state index contributed by atoms with van der Waals surface area (Å²) in [4.78, 5) is 15.7. The summed E-state index contributed by atoms with van der Waals surface area (Å²) in [6.45, 7) is 5.45. The molecule has 0 saturated carbocycles. The van der Waals surface area contributed by atoms with Gasteiger partial charge in [0.15, 0.2) is 0 Å². The van der Waals surface area contributed by atoms with Crippen molar-refractivity contribution >= 4 is 17.4 Å². The molecule has 1 unspecified atom stereocenters. The number of rotatable bonds is 7. The number of aliphatic hydroxyl groups is 1. The molecule has 0 radical (unpaired) electrons. The van der Waals surface area contributed by atoms with Gasteiger partial charge in [-0.25, -0.2) is 4.68 Å². The van der Waals surface area contributed by atoms with Crippen molar-refractivity contribution < 1.29 is 23.1 Å². The topological polar surface area (TPSA) is 61.6 Å². The van der Waals surface area contributed by atoms with E-state index in [1.165, 1.54) is 18.2 Å². The average Bonchev–Trinajstić information content (AvgIpc) is 3.18. The lowest BCUT2D eigenvalue weighted by molar-refractivity contribution is -0.137. The lowest BCUT2D eigenvalue weighted by Crippen LogP contribution is -2.43. The zero-order valence-corrected chi connectivity index (χ0v) is 15.8. The maximum absolute atomic E-state index is 12.9. The van der Waals surface area contributed by atoms with Crippen LogP contribution in [0.1, 0.15) is 12.0 Å². The molecule has 2 heterocycles. The molecule has 0 bridgehead atoms. The van der Waals surface area contributed by atoms with E-state index in [1.807, 2.05) is 11.0 Å². The number of benzene rings is 1. The van der Waals surface area contributed by atoms with Gasteiger partial charge >= 0.3 is 6.18 Å². The number of halogens is 3. The summed E-state index contributed by atoms with van der Waals surface area (Å²) in [7, 11) is 0. The molecule has 2 aromatic rings. The molecule has 6 nitrogen and oxygen atoms in total. The van der Waals surface area contributed by atoms with E-state index in [2.05, 4.69) is 11.7 Å². The second kappa shape index (κ2) is 8.69. The summed E-state index contributed by atoms with van der Waals surface area (Å²) >= 11 is 0. The molecular formula is C20H23F3N4O2. The highest BCUT2D eigenvalue weighted by Crippen LogP contribution is 2.34. The zero-order valence-electron chi connectivity index (χ0n) is 15.8. The summed E-state index contributed by atoms with van der Waals surface area (Å²) in [6.07, 6.45) is -1.04. The first-order chi connectivity index (χ1) is 13.8. The van der Waals surface area contributed by atoms with Gasteiger partial charge in [0.2, 0.25) is 5.91 Å². The largest absolute Gasteiger partial charge is 0.416 e.